The SMILES string of the molecule is O=C([C@@H]1Cc2ccccc21)N1CCC[C@H]1C[C@H](O)c1cccs1. The summed E-state index contributed by atoms with van der Waals surface area (Å²) in [5.74, 6) is 0.287. The molecule has 23 heavy (non-hydrogen) atoms. The molecular weight excluding hydrogens is 306 g/mol. The molecule has 3 atom stereocenters. The molecular formula is C19H21NO2S. The van der Waals surface area contributed by atoms with Crippen LogP contribution in [0.4, 0.5) is 0 Å². The lowest BCUT2D eigenvalue weighted by molar-refractivity contribution is -0.134. The van der Waals surface area contributed by atoms with E-state index in [0.717, 1.165) is 30.7 Å². The quantitative estimate of drug-likeness (QED) is 0.933. The largest absolute Gasteiger partial charge is 0.387 e. The van der Waals surface area contributed by atoms with Crippen LogP contribution >= 0.6 is 11.3 Å². The second-order valence-electron chi connectivity index (χ2n) is 6.55. The van der Waals surface area contributed by atoms with Crippen molar-refractivity contribution in [2.45, 2.75) is 43.7 Å². The lowest BCUT2D eigenvalue weighted by Gasteiger charge is -2.35. The first-order valence-electron chi connectivity index (χ1n) is 8.34. The van der Waals surface area contributed by atoms with Gasteiger partial charge in [-0.15, -0.1) is 11.3 Å². The number of hydrogen-bond acceptors (Lipinski definition) is 3. The van der Waals surface area contributed by atoms with Gasteiger partial charge in [0.25, 0.3) is 0 Å². The number of rotatable bonds is 4. The number of aliphatic hydroxyl groups is 1. The summed E-state index contributed by atoms with van der Waals surface area (Å²) in [6.45, 7) is 0.833. The molecule has 1 fully saturated rings. The Morgan fingerprint density at radius 2 is 2.17 bits per heavy atom. The highest BCUT2D eigenvalue weighted by molar-refractivity contribution is 7.10. The van der Waals surface area contributed by atoms with E-state index >= 15 is 0 Å². The minimum atomic E-state index is -0.456. The molecule has 0 unspecified atom stereocenters. The van der Waals surface area contributed by atoms with Gasteiger partial charge in [0.15, 0.2) is 0 Å². The first kappa shape index (κ1) is 14.9. The Balaban J connectivity index is 1.45. The van der Waals surface area contributed by atoms with Crippen molar-refractivity contribution < 1.29 is 9.90 Å². The lowest BCUT2D eigenvalue weighted by Crippen LogP contribution is -2.42. The van der Waals surface area contributed by atoms with Gasteiger partial charge in [-0.2, -0.15) is 0 Å². The standard InChI is InChI=1S/C19H21NO2S/c21-17(18-8-4-10-23-18)12-14-6-3-9-20(14)19(22)16-11-13-5-1-2-7-15(13)16/h1-2,4-5,7-8,10,14,16-17,21H,3,6,9,11-12H2/t14-,16+,17-/m0/s1. The number of carbonyl (C=O) groups is 1. The molecule has 0 radical (unpaired) electrons. The van der Waals surface area contributed by atoms with Crippen molar-refractivity contribution in [3.8, 4) is 0 Å². The van der Waals surface area contributed by atoms with E-state index in [0.29, 0.717) is 6.42 Å². The van der Waals surface area contributed by atoms with Crippen molar-refractivity contribution in [3.63, 3.8) is 0 Å². The summed E-state index contributed by atoms with van der Waals surface area (Å²) in [6, 6.07) is 12.3. The van der Waals surface area contributed by atoms with Gasteiger partial charge in [-0.1, -0.05) is 30.3 Å². The Bertz CT molecular complexity index is 697. The normalized spacial score (nSPS) is 24.1. The predicted octanol–water partition coefficient (Wildman–Crippen LogP) is 3.50. The van der Waals surface area contributed by atoms with Crippen LogP contribution in [0.25, 0.3) is 0 Å². The Hall–Kier alpha value is -1.65. The number of hydrogen-bond donors (Lipinski definition) is 1. The first-order valence-corrected chi connectivity index (χ1v) is 9.22. The smallest absolute Gasteiger partial charge is 0.230 e. The van der Waals surface area contributed by atoms with E-state index in [1.165, 1.54) is 11.1 Å². The third-order valence-electron chi connectivity index (χ3n) is 5.18. The summed E-state index contributed by atoms with van der Waals surface area (Å²) in [5, 5.41) is 12.4. The molecule has 1 N–H and O–H groups in total. The van der Waals surface area contributed by atoms with Crippen LogP contribution in [0.3, 0.4) is 0 Å². The molecule has 0 saturated carbocycles. The number of thiophene rings is 1. The monoisotopic (exact) mass is 327 g/mol. The van der Waals surface area contributed by atoms with Crippen LogP contribution in [0.1, 0.15) is 47.3 Å². The highest BCUT2D eigenvalue weighted by atomic mass is 32.1. The second kappa shape index (κ2) is 6.10. The van der Waals surface area contributed by atoms with E-state index in [-0.39, 0.29) is 17.9 Å². The third kappa shape index (κ3) is 2.70. The predicted molar refractivity (Wildman–Crippen MR) is 91.5 cm³/mol. The number of likely N-dealkylation sites (tertiary alicyclic amines) is 1. The maximum Gasteiger partial charge on any atom is 0.230 e. The molecule has 1 aromatic heterocycles. The van der Waals surface area contributed by atoms with Crippen LogP contribution < -0.4 is 0 Å². The number of nitrogens with zero attached hydrogens (tertiary/aromatic N) is 1. The van der Waals surface area contributed by atoms with Crippen LogP contribution in [0, 0.1) is 0 Å². The Kier molecular flexibility index (Phi) is 3.95. The zero-order chi connectivity index (χ0) is 15.8. The highest BCUT2D eigenvalue weighted by Gasteiger charge is 2.39. The Labute approximate surface area is 140 Å². The van der Waals surface area contributed by atoms with Gasteiger partial charge >= 0.3 is 0 Å². The summed E-state index contributed by atoms with van der Waals surface area (Å²) in [6.07, 6.45) is 3.11. The van der Waals surface area contributed by atoms with Crippen LogP contribution in [0.15, 0.2) is 41.8 Å². The minimum Gasteiger partial charge on any atom is -0.387 e. The van der Waals surface area contributed by atoms with E-state index in [1.807, 2.05) is 34.5 Å². The van der Waals surface area contributed by atoms with Gasteiger partial charge in [0.1, 0.15) is 0 Å². The lowest BCUT2D eigenvalue weighted by atomic mass is 9.76. The van der Waals surface area contributed by atoms with Crippen LogP contribution in [-0.2, 0) is 11.2 Å². The molecule has 1 amide bonds. The molecule has 0 bridgehead atoms. The Morgan fingerprint density at radius 3 is 2.96 bits per heavy atom. The number of fused-ring (bicyclic) bond motifs is 1. The zero-order valence-electron chi connectivity index (χ0n) is 13.0. The van der Waals surface area contributed by atoms with E-state index in [9.17, 15) is 9.90 Å². The molecule has 1 saturated heterocycles. The topological polar surface area (TPSA) is 40.5 Å². The summed E-state index contributed by atoms with van der Waals surface area (Å²) in [4.78, 5) is 15.9. The van der Waals surface area contributed by atoms with Crippen molar-refractivity contribution in [1.82, 2.24) is 4.90 Å². The third-order valence-corrected chi connectivity index (χ3v) is 6.15. The second-order valence-corrected chi connectivity index (χ2v) is 7.53. The fourth-order valence-electron chi connectivity index (χ4n) is 3.90. The van der Waals surface area contributed by atoms with E-state index < -0.39 is 6.10 Å². The summed E-state index contributed by atoms with van der Waals surface area (Å²) in [7, 11) is 0. The number of carbonyl (C=O) groups excluding carboxylic acids is 1. The fourth-order valence-corrected chi connectivity index (χ4v) is 4.63. The van der Waals surface area contributed by atoms with Crippen molar-refractivity contribution in [2.75, 3.05) is 6.54 Å². The maximum atomic E-state index is 12.9. The van der Waals surface area contributed by atoms with Crippen LogP contribution in [0.5, 0.6) is 0 Å². The first-order chi connectivity index (χ1) is 11.2. The van der Waals surface area contributed by atoms with Crippen molar-refractivity contribution >= 4 is 17.2 Å². The van der Waals surface area contributed by atoms with Crippen LogP contribution in [0.2, 0.25) is 0 Å². The van der Waals surface area contributed by atoms with E-state index in [4.69, 9.17) is 0 Å². The molecule has 1 aliphatic heterocycles. The van der Waals surface area contributed by atoms with E-state index in [2.05, 4.69) is 12.1 Å². The highest BCUT2D eigenvalue weighted by Crippen LogP contribution is 2.38. The molecule has 120 valence electrons. The van der Waals surface area contributed by atoms with Gasteiger partial charge in [-0.05, 0) is 48.3 Å². The van der Waals surface area contributed by atoms with Gasteiger partial charge < -0.3 is 10.0 Å². The molecule has 2 heterocycles. The summed E-state index contributed by atoms with van der Waals surface area (Å²) < 4.78 is 0. The summed E-state index contributed by atoms with van der Waals surface area (Å²) in [5.41, 5.74) is 2.50. The maximum absolute atomic E-state index is 12.9. The van der Waals surface area contributed by atoms with E-state index in [1.54, 1.807) is 11.3 Å². The number of aliphatic hydroxyl groups excluding tert-OH is 1. The molecule has 3 nitrogen and oxygen atoms in total. The molecule has 1 aliphatic carbocycles. The van der Waals surface area contributed by atoms with Gasteiger partial charge in [0.05, 0.1) is 12.0 Å². The average molecular weight is 327 g/mol. The molecule has 4 heteroatoms. The zero-order valence-corrected chi connectivity index (χ0v) is 13.8. The molecule has 2 aliphatic rings. The molecule has 4 rings (SSSR count). The molecule has 0 spiro atoms. The number of benzene rings is 1. The molecule has 2 aromatic rings. The van der Waals surface area contributed by atoms with Gasteiger partial charge in [-0.25, -0.2) is 0 Å². The van der Waals surface area contributed by atoms with Crippen molar-refractivity contribution in [2.24, 2.45) is 0 Å². The number of amides is 1. The summed E-state index contributed by atoms with van der Waals surface area (Å²) >= 11 is 1.58. The Morgan fingerprint density at radius 1 is 1.30 bits per heavy atom. The molecule has 1 aromatic carbocycles. The van der Waals surface area contributed by atoms with Gasteiger partial charge in [0.2, 0.25) is 5.91 Å². The average Bonchev–Trinajstić information content (AvgIpc) is 3.19. The minimum absolute atomic E-state index is 0.0330. The van der Waals surface area contributed by atoms with Crippen LogP contribution in [-0.4, -0.2) is 28.5 Å². The van der Waals surface area contributed by atoms with Gasteiger partial charge in [-0.3, -0.25) is 4.79 Å². The van der Waals surface area contributed by atoms with Gasteiger partial charge in [0, 0.05) is 17.5 Å². The van der Waals surface area contributed by atoms with Crippen molar-refractivity contribution in [1.29, 1.82) is 0 Å². The fraction of sp³-hybridized carbons (Fsp3) is 0.421. The van der Waals surface area contributed by atoms with Crippen molar-refractivity contribution in [3.05, 3.63) is 57.8 Å².